The van der Waals surface area contributed by atoms with Gasteiger partial charge in [-0.25, -0.2) is 0 Å². The second-order valence-electron chi connectivity index (χ2n) is 6.97. The van der Waals surface area contributed by atoms with E-state index in [0.717, 1.165) is 23.2 Å². The van der Waals surface area contributed by atoms with Crippen molar-refractivity contribution < 1.29 is 14.3 Å². The van der Waals surface area contributed by atoms with E-state index in [0.29, 0.717) is 31.2 Å². The molecule has 1 aliphatic rings. The topological polar surface area (TPSA) is 67.4 Å². The van der Waals surface area contributed by atoms with Gasteiger partial charge in [0.05, 0.1) is 6.61 Å². The van der Waals surface area contributed by atoms with Crippen molar-refractivity contribution >= 4 is 17.5 Å². The highest BCUT2D eigenvalue weighted by atomic mass is 16.5. The van der Waals surface area contributed by atoms with Gasteiger partial charge in [-0.1, -0.05) is 31.2 Å². The second-order valence-corrected chi connectivity index (χ2v) is 6.97. The zero-order valence-electron chi connectivity index (χ0n) is 15.8. The van der Waals surface area contributed by atoms with Crippen LogP contribution in [0.15, 0.2) is 48.5 Å². The second kappa shape index (κ2) is 8.82. The molecule has 2 amide bonds. The molecule has 0 aromatic heterocycles. The van der Waals surface area contributed by atoms with Gasteiger partial charge >= 0.3 is 0 Å². The van der Waals surface area contributed by atoms with Crippen LogP contribution in [0.4, 0.5) is 5.69 Å². The number of rotatable bonds is 8. The summed E-state index contributed by atoms with van der Waals surface area (Å²) in [7, 11) is 0. The Morgan fingerprint density at radius 2 is 1.74 bits per heavy atom. The zero-order valence-corrected chi connectivity index (χ0v) is 15.8. The summed E-state index contributed by atoms with van der Waals surface area (Å²) >= 11 is 0. The molecule has 3 rings (SSSR count). The fourth-order valence-electron chi connectivity index (χ4n) is 2.99. The van der Waals surface area contributed by atoms with E-state index in [-0.39, 0.29) is 17.7 Å². The lowest BCUT2D eigenvalue weighted by atomic mass is 10.1. The van der Waals surface area contributed by atoms with Gasteiger partial charge in [0.1, 0.15) is 0 Å². The molecular weight excluding hydrogens is 340 g/mol. The number of anilines is 1. The first-order valence-corrected chi connectivity index (χ1v) is 9.42. The molecule has 5 nitrogen and oxygen atoms in total. The van der Waals surface area contributed by atoms with Crippen LogP contribution in [0, 0.1) is 11.8 Å². The summed E-state index contributed by atoms with van der Waals surface area (Å²) in [4.78, 5) is 24.4. The summed E-state index contributed by atoms with van der Waals surface area (Å²) in [5.41, 5.74) is 3.40. The molecule has 0 aliphatic heterocycles. The van der Waals surface area contributed by atoms with Crippen LogP contribution in [-0.4, -0.2) is 18.4 Å². The number of hydrogen-bond acceptors (Lipinski definition) is 3. The SMILES string of the molecule is CCOCc1ccccc1CNC(=O)c1ccc(NC(=O)C2CC2C)cc1. The predicted molar refractivity (Wildman–Crippen MR) is 105 cm³/mol. The first kappa shape index (κ1) is 19.1. The summed E-state index contributed by atoms with van der Waals surface area (Å²) in [5, 5.41) is 5.85. The molecule has 1 fully saturated rings. The van der Waals surface area contributed by atoms with E-state index in [1.807, 2.05) is 31.2 Å². The normalized spacial score (nSPS) is 18.0. The Morgan fingerprint density at radius 3 is 2.37 bits per heavy atom. The van der Waals surface area contributed by atoms with Gasteiger partial charge in [0.2, 0.25) is 5.91 Å². The highest BCUT2D eigenvalue weighted by molar-refractivity contribution is 5.96. The molecular formula is C22H26N2O3. The van der Waals surface area contributed by atoms with Crippen LogP contribution in [0.1, 0.15) is 41.8 Å². The van der Waals surface area contributed by atoms with Crippen LogP contribution in [0.5, 0.6) is 0 Å². The lowest BCUT2D eigenvalue weighted by Gasteiger charge is -2.11. The molecule has 2 aromatic carbocycles. The third kappa shape index (κ3) is 5.17. The van der Waals surface area contributed by atoms with Crippen molar-refractivity contribution in [2.45, 2.75) is 33.4 Å². The van der Waals surface area contributed by atoms with Gasteiger partial charge in [-0.05, 0) is 54.7 Å². The molecule has 0 spiro atoms. The highest BCUT2D eigenvalue weighted by Crippen LogP contribution is 2.38. The highest BCUT2D eigenvalue weighted by Gasteiger charge is 2.39. The lowest BCUT2D eigenvalue weighted by Crippen LogP contribution is -2.23. The van der Waals surface area contributed by atoms with Crippen molar-refractivity contribution in [2.24, 2.45) is 11.8 Å². The monoisotopic (exact) mass is 366 g/mol. The van der Waals surface area contributed by atoms with Crippen molar-refractivity contribution in [3.8, 4) is 0 Å². The summed E-state index contributed by atoms with van der Waals surface area (Å²) in [5.74, 6) is 0.519. The molecule has 0 radical (unpaired) electrons. The molecule has 0 bridgehead atoms. The smallest absolute Gasteiger partial charge is 0.251 e. The van der Waals surface area contributed by atoms with Crippen LogP contribution >= 0.6 is 0 Å². The summed E-state index contributed by atoms with van der Waals surface area (Å²) in [6, 6.07) is 14.9. The summed E-state index contributed by atoms with van der Waals surface area (Å²) < 4.78 is 5.48. The van der Waals surface area contributed by atoms with Crippen LogP contribution < -0.4 is 10.6 Å². The molecule has 1 saturated carbocycles. The predicted octanol–water partition coefficient (Wildman–Crippen LogP) is 3.75. The largest absolute Gasteiger partial charge is 0.377 e. The van der Waals surface area contributed by atoms with E-state index < -0.39 is 0 Å². The maximum Gasteiger partial charge on any atom is 0.251 e. The Bertz CT molecular complexity index is 801. The van der Waals surface area contributed by atoms with Gasteiger partial charge in [-0.15, -0.1) is 0 Å². The molecule has 0 heterocycles. The summed E-state index contributed by atoms with van der Waals surface area (Å²) in [6.45, 7) is 5.67. The molecule has 142 valence electrons. The van der Waals surface area contributed by atoms with Crippen molar-refractivity contribution in [1.29, 1.82) is 0 Å². The van der Waals surface area contributed by atoms with E-state index in [9.17, 15) is 9.59 Å². The zero-order chi connectivity index (χ0) is 19.2. The average Bonchev–Trinajstić information content (AvgIpc) is 3.42. The minimum atomic E-state index is -0.144. The Kier molecular flexibility index (Phi) is 6.24. The fraction of sp³-hybridized carbons (Fsp3) is 0.364. The summed E-state index contributed by atoms with van der Waals surface area (Å²) in [6.07, 6.45) is 0.955. The van der Waals surface area contributed by atoms with Gasteiger partial charge in [0.15, 0.2) is 0 Å². The van der Waals surface area contributed by atoms with Crippen LogP contribution in [0.3, 0.4) is 0 Å². The van der Waals surface area contributed by atoms with Gasteiger partial charge in [-0.2, -0.15) is 0 Å². The maximum atomic E-state index is 12.4. The van der Waals surface area contributed by atoms with Crippen LogP contribution in [-0.2, 0) is 22.7 Å². The van der Waals surface area contributed by atoms with E-state index in [4.69, 9.17) is 4.74 Å². The third-order valence-corrected chi connectivity index (χ3v) is 4.88. The molecule has 5 heteroatoms. The Hall–Kier alpha value is -2.66. The average molecular weight is 366 g/mol. The number of benzene rings is 2. The molecule has 0 saturated heterocycles. The van der Waals surface area contributed by atoms with Crippen molar-refractivity contribution in [2.75, 3.05) is 11.9 Å². The molecule has 2 aromatic rings. The third-order valence-electron chi connectivity index (χ3n) is 4.88. The lowest BCUT2D eigenvalue weighted by molar-refractivity contribution is -0.117. The standard InChI is InChI=1S/C22H26N2O3/c1-3-27-14-18-7-5-4-6-17(18)13-23-21(25)16-8-10-19(11-9-16)24-22(26)20-12-15(20)2/h4-11,15,20H,3,12-14H2,1-2H3,(H,23,25)(H,24,26). The quantitative estimate of drug-likeness (QED) is 0.748. The minimum absolute atomic E-state index is 0.0607. The number of amides is 2. The van der Waals surface area contributed by atoms with E-state index in [1.54, 1.807) is 24.3 Å². The molecule has 2 atom stereocenters. The number of hydrogen-bond donors (Lipinski definition) is 2. The van der Waals surface area contributed by atoms with Gasteiger partial charge in [-0.3, -0.25) is 9.59 Å². The number of carbonyl (C=O) groups is 2. The first-order valence-electron chi connectivity index (χ1n) is 9.42. The Morgan fingerprint density at radius 1 is 1.07 bits per heavy atom. The number of ether oxygens (including phenoxy) is 1. The molecule has 2 N–H and O–H groups in total. The van der Waals surface area contributed by atoms with Crippen molar-refractivity contribution in [3.05, 3.63) is 65.2 Å². The van der Waals surface area contributed by atoms with Crippen LogP contribution in [0.25, 0.3) is 0 Å². The number of carbonyl (C=O) groups excluding carboxylic acids is 2. The van der Waals surface area contributed by atoms with Crippen LogP contribution in [0.2, 0.25) is 0 Å². The van der Waals surface area contributed by atoms with Gasteiger partial charge < -0.3 is 15.4 Å². The minimum Gasteiger partial charge on any atom is -0.377 e. The van der Waals surface area contributed by atoms with Crippen molar-refractivity contribution in [1.82, 2.24) is 5.32 Å². The molecule has 1 aliphatic carbocycles. The Balaban J connectivity index is 1.54. The first-order chi connectivity index (χ1) is 13.1. The fourth-order valence-corrected chi connectivity index (χ4v) is 2.99. The number of nitrogens with one attached hydrogen (secondary N) is 2. The van der Waals surface area contributed by atoms with E-state index in [1.165, 1.54) is 0 Å². The van der Waals surface area contributed by atoms with E-state index >= 15 is 0 Å². The molecule has 2 unspecified atom stereocenters. The van der Waals surface area contributed by atoms with Crippen molar-refractivity contribution in [3.63, 3.8) is 0 Å². The van der Waals surface area contributed by atoms with Gasteiger partial charge in [0.25, 0.3) is 5.91 Å². The molecule has 27 heavy (non-hydrogen) atoms. The van der Waals surface area contributed by atoms with E-state index in [2.05, 4.69) is 17.6 Å². The Labute approximate surface area is 160 Å². The van der Waals surface area contributed by atoms with Gasteiger partial charge in [0, 0.05) is 30.3 Å². The maximum absolute atomic E-state index is 12.4.